The van der Waals surface area contributed by atoms with Gasteiger partial charge in [0.1, 0.15) is 12.6 Å². The molecule has 0 radical (unpaired) electrons. The maximum Gasteiger partial charge on any atom is 0.123 e. The molecule has 0 aliphatic rings. The van der Waals surface area contributed by atoms with Gasteiger partial charge in [-0.25, -0.2) is 15.3 Å². The number of unbranched alkanes of at least 4 members (excludes halogenated alkanes) is 1. The molecule has 0 saturated carbocycles. The van der Waals surface area contributed by atoms with Crippen molar-refractivity contribution in [1.82, 2.24) is 0 Å². The molecule has 2 atom stereocenters. The summed E-state index contributed by atoms with van der Waals surface area (Å²) >= 11 is 0. The Morgan fingerprint density at radius 2 is 1.94 bits per heavy atom. The summed E-state index contributed by atoms with van der Waals surface area (Å²) in [4.78, 5) is 10.2. The number of rotatable bonds is 9. The molecule has 1 N–H and O–H groups in total. The van der Waals surface area contributed by atoms with E-state index >= 15 is 0 Å². The zero-order valence-electron chi connectivity index (χ0n) is 11.7. The molecule has 102 valence electrons. The molecule has 5 heteroatoms. The van der Waals surface area contributed by atoms with Gasteiger partial charge >= 0.3 is 0 Å². The molecular formula is C12H26N2O3. The van der Waals surface area contributed by atoms with Gasteiger partial charge in [-0.2, -0.15) is 5.11 Å². The third-order valence-corrected chi connectivity index (χ3v) is 2.13. The van der Waals surface area contributed by atoms with Crippen LogP contribution in [-0.4, -0.2) is 31.0 Å². The van der Waals surface area contributed by atoms with Gasteiger partial charge in [-0.15, -0.1) is 0 Å². The van der Waals surface area contributed by atoms with Crippen molar-refractivity contribution in [3.63, 3.8) is 0 Å². The smallest absolute Gasteiger partial charge is 0.123 e. The lowest BCUT2D eigenvalue weighted by Crippen LogP contribution is -2.31. The molecule has 0 heterocycles. The van der Waals surface area contributed by atoms with Crippen LogP contribution >= 0.6 is 0 Å². The van der Waals surface area contributed by atoms with E-state index in [9.17, 15) is 0 Å². The summed E-state index contributed by atoms with van der Waals surface area (Å²) in [6, 6.07) is -0.311. The van der Waals surface area contributed by atoms with Gasteiger partial charge in [0.25, 0.3) is 0 Å². The molecule has 17 heavy (non-hydrogen) atoms. The summed E-state index contributed by atoms with van der Waals surface area (Å²) in [5.41, 5.74) is 6.77. The zero-order valence-corrected chi connectivity index (χ0v) is 11.7. The van der Waals surface area contributed by atoms with E-state index in [0.717, 1.165) is 12.8 Å². The van der Waals surface area contributed by atoms with E-state index in [0.29, 0.717) is 6.61 Å². The highest BCUT2D eigenvalue weighted by Gasteiger charge is 2.19. The lowest BCUT2D eigenvalue weighted by molar-refractivity contribution is -0.351. The molecule has 0 bridgehead atoms. The highest BCUT2D eigenvalue weighted by molar-refractivity contribution is 4.70. The first-order valence-electron chi connectivity index (χ1n) is 6.19. The van der Waals surface area contributed by atoms with Gasteiger partial charge in [0, 0.05) is 6.61 Å². The van der Waals surface area contributed by atoms with Crippen LogP contribution in [-0.2, 0) is 14.5 Å². The Balaban J connectivity index is 3.85. The molecule has 5 nitrogen and oxygen atoms in total. The fourth-order valence-corrected chi connectivity index (χ4v) is 1.08. The average molecular weight is 246 g/mol. The number of nitrogens with zero attached hydrogens (tertiary/aromatic N) is 1. The summed E-state index contributed by atoms with van der Waals surface area (Å²) in [6.07, 6.45) is 2.00. The summed E-state index contributed by atoms with van der Waals surface area (Å²) < 4.78 is 5.57. The van der Waals surface area contributed by atoms with Crippen LogP contribution in [0, 0.1) is 5.53 Å². The molecule has 0 aromatic rings. The van der Waals surface area contributed by atoms with Crippen molar-refractivity contribution in [3.8, 4) is 0 Å². The molecular weight excluding hydrogens is 220 g/mol. The van der Waals surface area contributed by atoms with Gasteiger partial charge in [0.15, 0.2) is 0 Å². The van der Waals surface area contributed by atoms with Crippen LogP contribution in [0.4, 0.5) is 0 Å². The van der Waals surface area contributed by atoms with E-state index < -0.39 is 0 Å². The summed E-state index contributed by atoms with van der Waals surface area (Å²) in [5, 5.41) is 3.51. The van der Waals surface area contributed by atoms with E-state index in [-0.39, 0.29) is 24.4 Å². The molecule has 0 spiro atoms. The molecule has 0 amide bonds. The molecule has 0 aromatic carbocycles. The third-order valence-electron chi connectivity index (χ3n) is 2.13. The first-order valence-corrected chi connectivity index (χ1v) is 6.19. The van der Waals surface area contributed by atoms with Crippen molar-refractivity contribution in [2.75, 3.05) is 13.2 Å². The molecule has 2 unspecified atom stereocenters. The predicted octanol–water partition coefficient (Wildman–Crippen LogP) is 3.34. The first-order chi connectivity index (χ1) is 7.90. The van der Waals surface area contributed by atoms with Crippen molar-refractivity contribution in [3.05, 3.63) is 0 Å². The van der Waals surface area contributed by atoms with E-state index in [1.807, 2.05) is 27.7 Å². The van der Waals surface area contributed by atoms with Gasteiger partial charge in [0.05, 0.1) is 11.7 Å². The van der Waals surface area contributed by atoms with E-state index in [1.165, 1.54) is 0 Å². The highest BCUT2D eigenvalue weighted by atomic mass is 17.2. The average Bonchev–Trinajstić information content (AvgIpc) is 2.23. The normalized spacial score (nSPS) is 15.6. The molecule has 0 rings (SSSR count). The van der Waals surface area contributed by atoms with Crippen molar-refractivity contribution >= 4 is 0 Å². The predicted molar refractivity (Wildman–Crippen MR) is 66.0 cm³/mol. The van der Waals surface area contributed by atoms with Crippen LogP contribution in [0.1, 0.15) is 47.5 Å². The Bertz CT molecular complexity index is 204. The van der Waals surface area contributed by atoms with Crippen molar-refractivity contribution in [2.24, 2.45) is 5.11 Å². The summed E-state index contributed by atoms with van der Waals surface area (Å²) in [7, 11) is 0. The number of nitrogens with one attached hydrogen (secondary N) is 1. The second kappa shape index (κ2) is 8.55. The maximum absolute atomic E-state index is 7.11. The van der Waals surface area contributed by atoms with E-state index in [2.05, 4.69) is 12.0 Å². The Kier molecular flexibility index (Phi) is 8.29. The molecule has 0 aromatic heterocycles. The van der Waals surface area contributed by atoms with Gasteiger partial charge in [-0.3, -0.25) is 0 Å². The first kappa shape index (κ1) is 16.5. The van der Waals surface area contributed by atoms with Gasteiger partial charge in [-0.1, -0.05) is 13.3 Å². The molecule has 0 fully saturated rings. The number of hydrogen-bond acceptors (Lipinski definition) is 5. The van der Waals surface area contributed by atoms with Crippen LogP contribution in [0.15, 0.2) is 5.11 Å². The van der Waals surface area contributed by atoms with Gasteiger partial charge < -0.3 is 4.74 Å². The van der Waals surface area contributed by atoms with Crippen LogP contribution in [0.2, 0.25) is 0 Å². The minimum Gasteiger partial charge on any atom is -0.376 e. The Hall–Kier alpha value is -0.520. The number of ether oxygens (including phenoxy) is 1. The van der Waals surface area contributed by atoms with Crippen LogP contribution in [0.3, 0.4) is 0 Å². The lowest BCUT2D eigenvalue weighted by atomic mass is 10.2. The Labute approximate surface area is 104 Å². The standard InChI is InChI=1S/C12H26N2O3/c1-6-7-8-15-10(2)11(14-13)9-16-17-12(3,4)5/h10-11,13H,6-9H2,1-5H3. The van der Waals surface area contributed by atoms with Gasteiger partial charge in [-0.05, 0) is 34.1 Å². The Morgan fingerprint density at radius 1 is 1.29 bits per heavy atom. The fourth-order valence-electron chi connectivity index (χ4n) is 1.08. The minimum absolute atomic E-state index is 0.123. The molecule has 0 aliphatic heterocycles. The monoisotopic (exact) mass is 246 g/mol. The highest BCUT2D eigenvalue weighted by Crippen LogP contribution is 2.10. The topological polar surface area (TPSA) is 63.9 Å². The largest absolute Gasteiger partial charge is 0.376 e. The summed E-state index contributed by atoms with van der Waals surface area (Å²) in [5.74, 6) is 0. The molecule has 0 saturated heterocycles. The van der Waals surface area contributed by atoms with Crippen molar-refractivity contribution in [1.29, 1.82) is 5.53 Å². The second-order valence-electron chi connectivity index (χ2n) is 5.11. The van der Waals surface area contributed by atoms with Crippen LogP contribution in [0.5, 0.6) is 0 Å². The minimum atomic E-state index is -0.348. The maximum atomic E-state index is 7.11. The van der Waals surface area contributed by atoms with Crippen molar-refractivity contribution < 1.29 is 14.5 Å². The van der Waals surface area contributed by atoms with Crippen LogP contribution in [0.25, 0.3) is 0 Å². The Morgan fingerprint density at radius 3 is 2.41 bits per heavy atom. The van der Waals surface area contributed by atoms with E-state index in [4.69, 9.17) is 20.0 Å². The third kappa shape index (κ3) is 9.21. The molecule has 0 aliphatic carbocycles. The summed E-state index contributed by atoms with van der Waals surface area (Å²) in [6.45, 7) is 10.7. The second-order valence-corrected chi connectivity index (χ2v) is 5.11. The quantitative estimate of drug-likeness (QED) is 0.294. The lowest BCUT2D eigenvalue weighted by Gasteiger charge is -2.22. The fraction of sp³-hybridized carbons (Fsp3) is 1.00. The SMILES string of the molecule is CCCCOC(C)C(COOC(C)(C)C)N=N. The van der Waals surface area contributed by atoms with Crippen molar-refractivity contribution in [2.45, 2.75) is 65.2 Å². The zero-order chi connectivity index (χ0) is 13.3. The van der Waals surface area contributed by atoms with Gasteiger partial charge in [0.2, 0.25) is 0 Å². The number of hydrogen-bond donors (Lipinski definition) is 1. The van der Waals surface area contributed by atoms with E-state index in [1.54, 1.807) is 0 Å². The van der Waals surface area contributed by atoms with Crippen LogP contribution < -0.4 is 0 Å².